The monoisotopic (exact) mass is 369 g/mol. The Kier molecular flexibility index (Phi) is 4.68. The predicted molar refractivity (Wildman–Crippen MR) is 116 cm³/mol. The number of carbonyl (C=O) groups is 1. The minimum absolute atomic E-state index is 0.401. The second-order valence-electron chi connectivity index (χ2n) is 7.59. The van der Waals surface area contributed by atoms with Gasteiger partial charge in [0.05, 0.1) is 11.0 Å². The van der Waals surface area contributed by atoms with Crippen molar-refractivity contribution in [1.82, 2.24) is 4.57 Å². The number of hydrogen-bond acceptors (Lipinski definition) is 1. The third-order valence-corrected chi connectivity index (χ3v) is 5.57. The molecule has 3 aromatic carbocycles. The predicted octanol–water partition coefficient (Wildman–Crippen LogP) is 5.31. The normalized spacial score (nSPS) is 11.4. The molecule has 0 bridgehead atoms. The van der Waals surface area contributed by atoms with E-state index in [2.05, 4.69) is 61.7 Å². The standard InChI is InChI=1S/C25H25N2O/c1-4-6-18-11-12-20-23(14-18)27(15-19-10-9-16(2)17(3)13-19)22-8-5-7-21(24(20)22)25(26)28/h5,7-11,13-14H,4,6,15H2,1-3H3,(H2,26,28). The Hall–Kier alpha value is -3.07. The molecule has 0 saturated heterocycles. The van der Waals surface area contributed by atoms with Crippen molar-refractivity contribution in [2.45, 2.75) is 40.2 Å². The van der Waals surface area contributed by atoms with Crippen molar-refractivity contribution in [3.63, 3.8) is 0 Å². The van der Waals surface area contributed by atoms with E-state index in [1.807, 2.05) is 12.1 Å². The van der Waals surface area contributed by atoms with Crippen LogP contribution in [-0.4, -0.2) is 10.5 Å². The van der Waals surface area contributed by atoms with Gasteiger partial charge in [-0.25, -0.2) is 0 Å². The molecule has 0 fully saturated rings. The quantitative estimate of drug-likeness (QED) is 0.509. The lowest BCUT2D eigenvalue weighted by atomic mass is 10.0. The van der Waals surface area contributed by atoms with Gasteiger partial charge in [-0.15, -0.1) is 0 Å². The van der Waals surface area contributed by atoms with Crippen LogP contribution in [-0.2, 0) is 13.0 Å². The number of nitrogens with zero attached hydrogens (tertiary/aromatic N) is 1. The van der Waals surface area contributed by atoms with E-state index in [0.717, 1.165) is 41.2 Å². The first-order valence-electron chi connectivity index (χ1n) is 9.81. The first kappa shape index (κ1) is 18.3. The summed E-state index contributed by atoms with van der Waals surface area (Å²) in [7, 11) is 0. The number of aryl methyl sites for hydroxylation is 3. The van der Waals surface area contributed by atoms with Crippen LogP contribution in [0.1, 0.15) is 46.0 Å². The first-order valence-corrected chi connectivity index (χ1v) is 9.81. The molecule has 0 aliphatic rings. The van der Waals surface area contributed by atoms with Crippen molar-refractivity contribution in [3.8, 4) is 0 Å². The Labute approximate surface area is 165 Å². The highest BCUT2D eigenvalue weighted by Gasteiger charge is 2.17. The molecule has 0 saturated carbocycles. The molecule has 1 radical (unpaired) electrons. The molecular formula is C25H25N2O. The summed E-state index contributed by atoms with van der Waals surface area (Å²) in [6.07, 6.45) is 2.10. The zero-order valence-corrected chi connectivity index (χ0v) is 16.7. The number of benzene rings is 3. The topological polar surface area (TPSA) is 48.0 Å². The van der Waals surface area contributed by atoms with Crippen molar-refractivity contribution in [2.24, 2.45) is 5.73 Å². The Balaban J connectivity index is 2.00. The van der Waals surface area contributed by atoms with E-state index in [1.54, 1.807) is 6.07 Å². The molecule has 0 aliphatic carbocycles. The van der Waals surface area contributed by atoms with Crippen LogP contribution in [0, 0.1) is 19.9 Å². The maximum absolute atomic E-state index is 12.1. The molecule has 3 nitrogen and oxygen atoms in total. The number of amides is 1. The second kappa shape index (κ2) is 7.16. The Bertz CT molecular complexity index is 1200. The molecule has 0 aliphatic heterocycles. The molecule has 0 spiro atoms. The third kappa shape index (κ3) is 3.07. The fraction of sp³-hybridized carbons (Fsp3) is 0.240. The lowest BCUT2D eigenvalue weighted by molar-refractivity contribution is 0.100. The average Bonchev–Trinajstić information content (AvgIpc) is 2.98. The fourth-order valence-electron chi connectivity index (χ4n) is 3.99. The number of hydrogen-bond donors (Lipinski definition) is 1. The van der Waals surface area contributed by atoms with Crippen LogP contribution in [0.15, 0.2) is 48.5 Å². The van der Waals surface area contributed by atoms with Gasteiger partial charge in [-0.3, -0.25) is 4.79 Å². The molecule has 3 heteroatoms. The minimum Gasteiger partial charge on any atom is -0.366 e. The van der Waals surface area contributed by atoms with Gasteiger partial charge in [-0.05, 0) is 66.8 Å². The van der Waals surface area contributed by atoms with Crippen LogP contribution in [0.25, 0.3) is 21.8 Å². The molecule has 28 heavy (non-hydrogen) atoms. The molecule has 1 amide bonds. The largest absolute Gasteiger partial charge is 0.366 e. The Morgan fingerprint density at radius 2 is 1.86 bits per heavy atom. The van der Waals surface area contributed by atoms with Gasteiger partial charge in [0.15, 0.2) is 0 Å². The lowest BCUT2D eigenvalue weighted by Crippen LogP contribution is -2.11. The lowest BCUT2D eigenvalue weighted by Gasteiger charge is -2.10. The van der Waals surface area contributed by atoms with Crippen molar-refractivity contribution >= 4 is 27.7 Å². The second-order valence-corrected chi connectivity index (χ2v) is 7.59. The van der Waals surface area contributed by atoms with Gasteiger partial charge in [0, 0.05) is 22.9 Å². The zero-order chi connectivity index (χ0) is 19.8. The number of primary amides is 1. The van der Waals surface area contributed by atoms with Gasteiger partial charge >= 0.3 is 0 Å². The highest BCUT2D eigenvalue weighted by atomic mass is 16.1. The summed E-state index contributed by atoms with van der Waals surface area (Å²) in [4.78, 5) is 12.1. The summed E-state index contributed by atoms with van der Waals surface area (Å²) >= 11 is 0. The highest BCUT2D eigenvalue weighted by molar-refractivity contribution is 6.17. The third-order valence-electron chi connectivity index (χ3n) is 5.57. The SMILES string of the molecule is CCCc1c[c]c2c3c(C(N)=O)cccc3n(Cc3ccc(C)c(C)c3)c2c1. The maximum Gasteiger partial charge on any atom is 0.249 e. The molecule has 4 rings (SSSR count). The minimum atomic E-state index is -0.401. The molecule has 1 heterocycles. The van der Waals surface area contributed by atoms with Crippen molar-refractivity contribution in [2.75, 3.05) is 0 Å². The molecule has 0 unspecified atom stereocenters. The van der Waals surface area contributed by atoms with Crippen LogP contribution >= 0.6 is 0 Å². The van der Waals surface area contributed by atoms with Crippen molar-refractivity contribution in [1.29, 1.82) is 0 Å². The summed E-state index contributed by atoms with van der Waals surface area (Å²) in [6.45, 7) is 7.19. The van der Waals surface area contributed by atoms with E-state index in [0.29, 0.717) is 5.56 Å². The van der Waals surface area contributed by atoms with Crippen molar-refractivity contribution < 1.29 is 4.79 Å². The highest BCUT2D eigenvalue weighted by Crippen LogP contribution is 2.33. The van der Waals surface area contributed by atoms with Crippen LogP contribution in [0.2, 0.25) is 0 Å². The van der Waals surface area contributed by atoms with E-state index in [4.69, 9.17) is 5.73 Å². The maximum atomic E-state index is 12.1. The molecule has 1 aromatic heterocycles. The van der Waals surface area contributed by atoms with Crippen LogP contribution in [0.4, 0.5) is 0 Å². The fourth-order valence-corrected chi connectivity index (χ4v) is 3.99. The van der Waals surface area contributed by atoms with Gasteiger partial charge < -0.3 is 10.3 Å². The number of fused-ring (bicyclic) bond motifs is 3. The molecule has 4 aromatic rings. The van der Waals surface area contributed by atoms with Crippen LogP contribution < -0.4 is 5.73 Å². The van der Waals surface area contributed by atoms with Gasteiger partial charge in [0.2, 0.25) is 5.91 Å². The summed E-state index contributed by atoms with van der Waals surface area (Å²) < 4.78 is 2.29. The Morgan fingerprint density at radius 1 is 1.04 bits per heavy atom. The molecular weight excluding hydrogens is 344 g/mol. The summed E-state index contributed by atoms with van der Waals surface area (Å²) in [6, 6.07) is 20.1. The van der Waals surface area contributed by atoms with Gasteiger partial charge in [0.25, 0.3) is 0 Å². The summed E-state index contributed by atoms with van der Waals surface area (Å²) in [5.41, 5.74) is 13.5. The molecule has 0 atom stereocenters. The van der Waals surface area contributed by atoms with E-state index in [-0.39, 0.29) is 0 Å². The Morgan fingerprint density at radius 3 is 2.57 bits per heavy atom. The van der Waals surface area contributed by atoms with E-state index in [9.17, 15) is 4.79 Å². The first-order chi connectivity index (χ1) is 13.5. The zero-order valence-electron chi connectivity index (χ0n) is 16.7. The number of nitrogens with two attached hydrogens (primary N) is 1. The van der Waals surface area contributed by atoms with E-state index >= 15 is 0 Å². The number of rotatable bonds is 5. The summed E-state index contributed by atoms with van der Waals surface area (Å²) in [5, 5.41) is 1.87. The van der Waals surface area contributed by atoms with E-state index < -0.39 is 5.91 Å². The van der Waals surface area contributed by atoms with Gasteiger partial charge in [0.1, 0.15) is 0 Å². The van der Waals surface area contributed by atoms with Crippen molar-refractivity contribution in [3.05, 3.63) is 82.4 Å². The summed E-state index contributed by atoms with van der Waals surface area (Å²) in [5.74, 6) is -0.401. The van der Waals surface area contributed by atoms with Crippen LogP contribution in [0.3, 0.4) is 0 Å². The molecule has 141 valence electrons. The number of carbonyl (C=O) groups excluding carboxylic acids is 1. The number of aromatic nitrogens is 1. The van der Waals surface area contributed by atoms with Gasteiger partial charge in [-0.2, -0.15) is 0 Å². The van der Waals surface area contributed by atoms with Crippen LogP contribution in [0.5, 0.6) is 0 Å². The van der Waals surface area contributed by atoms with E-state index in [1.165, 1.54) is 22.3 Å². The average molecular weight is 369 g/mol. The molecule has 2 N–H and O–H groups in total. The smallest absolute Gasteiger partial charge is 0.249 e. The van der Waals surface area contributed by atoms with Gasteiger partial charge in [-0.1, -0.05) is 43.7 Å².